The molecule has 0 aromatic heterocycles. The second-order valence-electron chi connectivity index (χ2n) is 2.66. The molecule has 4 heteroatoms. The summed E-state index contributed by atoms with van der Waals surface area (Å²) in [6.07, 6.45) is 0.300. The lowest BCUT2D eigenvalue weighted by molar-refractivity contribution is -0.117. The molecular weight excluding hydrogens is 253 g/mol. The summed E-state index contributed by atoms with van der Waals surface area (Å²) in [7, 11) is 0. The van der Waals surface area contributed by atoms with Gasteiger partial charge in [-0.25, -0.2) is 0 Å². The Bertz CT molecular complexity index is 327. The Morgan fingerprint density at radius 2 is 2.23 bits per heavy atom. The molecule has 70 valence electrons. The highest BCUT2D eigenvalue weighted by Crippen LogP contribution is 2.21. The Kier molecular flexibility index (Phi) is 3.90. The number of rotatable bonds is 3. The van der Waals surface area contributed by atoms with E-state index in [-0.39, 0.29) is 12.3 Å². The molecule has 0 unspecified atom stereocenters. The third-order valence-electron chi connectivity index (χ3n) is 1.62. The van der Waals surface area contributed by atoms with Crippen LogP contribution in [0.2, 0.25) is 5.02 Å². The van der Waals surface area contributed by atoms with Gasteiger partial charge in [-0.05, 0) is 23.8 Å². The fourth-order valence-corrected chi connectivity index (χ4v) is 1.56. The number of Topliss-reactive ketones (excluding diaryl/α,β-unsaturated/α-hetero) is 1. The van der Waals surface area contributed by atoms with E-state index >= 15 is 0 Å². The van der Waals surface area contributed by atoms with Gasteiger partial charge in [0.25, 0.3) is 0 Å². The second kappa shape index (κ2) is 4.74. The van der Waals surface area contributed by atoms with Gasteiger partial charge in [-0.15, -0.1) is 0 Å². The summed E-state index contributed by atoms with van der Waals surface area (Å²) >= 11 is 9.19. The average molecular weight is 263 g/mol. The van der Waals surface area contributed by atoms with Crippen molar-refractivity contribution < 1.29 is 4.79 Å². The van der Waals surface area contributed by atoms with E-state index in [0.717, 1.165) is 10.0 Å². The summed E-state index contributed by atoms with van der Waals surface area (Å²) in [6.45, 7) is 0.0584. The largest absolute Gasteiger partial charge is 0.324 e. The van der Waals surface area contributed by atoms with Crippen LogP contribution in [0.1, 0.15) is 5.56 Å². The Morgan fingerprint density at radius 1 is 1.54 bits per heavy atom. The maximum Gasteiger partial charge on any atom is 0.150 e. The molecule has 2 N–H and O–H groups in total. The molecule has 0 atom stereocenters. The quantitative estimate of drug-likeness (QED) is 0.907. The Morgan fingerprint density at radius 3 is 2.85 bits per heavy atom. The summed E-state index contributed by atoms with van der Waals surface area (Å²) < 4.78 is 0.914. The van der Waals surface area contributed by atoms with Crippen LogP contribution in [0.25, 0.3) is 0 Å². The zero-order chi connectivity index (χ0) is 9.84. The third kappa shape index (κ3) is 3.10. The van der Waals surface area contributed by atoms with E-state index < -0.39 is 0 Å². The van der Waals surface area contributed by atoms with Crippen LogP contribution in [-0.2, 0) is 11.2 Å². The minimum atomic E-state index is -0.0139. The predicted octanol–water partition coefficient (Wildman–Crippen LogP) is 2.17. The molecular formula is C9H9BrClNO. The van der Waals surface area contributed by atoms with E-state index in [2.05, 4.69) is 15.9 Å². The highest BCUT2D eigenvalue weighted by atomic mass is 79.9. The molecule has 0 bridgehead atoms. The van der Waals surface area contributed by atoms with Crippen LogP contribution in [0.4, 0.5) is 0 Å². The van der Waals surface area contributed by atoms with Crippen molar-refractivity contribution in [3.8, 4) is 0 Å². The molecule has 0 amide bonds. The van der Waals surface area contributed by atoms with E-state index in [4.69, 9.17) is 17.3 Å². The number of nitrogens with two attached hydrogens (primary N) is 1. The highest BCUT2D eigenvalue weighted by Gasteiger charge is 2.05. The van der Waals surface area contributed by atoms with Gasteiger partial charge >= 0.3 is 0 Å². The number of benzene rings is 1. The maximum atomic E-state index is 11.0. The van der Waals surface area contributed by atoms with Crippen LogP contribution >= 0.6 is 27.5 Å². The molecule has 2 nitrogen and oxygen atoms in total. The van der Waals surface area contributed by atoms with Gasteiger partial charge in [0.15, 0.2) is 5.78 Å². The van der Waals surface area contributed by atoms with Crippen molar-refractivity contribution in [3.05, 3.63) is 33.3 Å². The van der Waals surface area contributed by atoms with E-state index in [1.54, 1.807) is 6.07 Å². The zero-order valence-electron chi connectivity index (χ0n) is 6.89. The standard InChI is InChI=1S/C9H9BrClNO/c10-7-1-2-9(11)6(3-7)4-8(13)5-12/h1-3H,4-5,12H2. The SMILES string of the molecule is NCC(=O)Cc1cc(Br)ccc1Cl. The van der Waals surface area contributed by atoms with Crippen molar-refractivity contribution in [2.75, 3.05) is 6.54 Å². The third-order valence-corrected chi connectivity index (χ3v) is 2.49. The van der Waals surface area contributed by atoms with Gasteiger partial charge in [-0.3, -0.25) is 4.79 Å². The highest BCUT2D eigenvalue weighted by molar-refractivity contribution is 9.10. The molecule has 13 heavy (non-hydrogen) atoms. The monoisotopic (exact) mass is 261 g/mol. The van der Waals surface area contributed by atoms with Crippen molar-refractivity contribution in [1.82, 2.24) is 0 Å². The average Bonchev–Trinajstić information content (AvgIpc) is 2.11. The van der Waals surface area contributed by atoms with Crippen molar-refractivity contribution in [1.29, 1.82) is 0 Å². The molecule has 0 aliphatic heterocycles. The van der Waals surface area contributed by atoms with Gasteiger partial charge in [-0.1, -0.05) is 27.5 Å². The van der Waals surface area contributed by atoms with Gasteiger partial charge in [0.05, 0.1) is 6.54 Å². The van der Waals surface area contributed by atoms with Crippen molar-refractivity contribution in [3.63, 3.8) is 0 Å². The number of ketones is 1. The van der Waals surface area contributed by atoms with Gasteiger partial charge in [-0.2, -0.15) is 0 Å². The second-order valence-corrected chi connectivity index (χ2v) is 3.98. The Hall–Kier alpha value is -0.380. The number of hydrogen-bond acceptors (Lipinski definition) is 2. The Labute approximate surface area is 90.2 Å². The molecule has 0 fully saturated rings. The van der Waals surface area contributed by atoms with Crippen LogP contribution in [0, 0.1) is 0 Å². The molecule has 0 radical (unpaired) electrons. The lowest BCUT2D eigenvalue weighted by Crippen LogP contribution is -2.15. The van der Waals surface area contributed by atoms with Crippen LogP contribution < -0.4 is 5.73 Å². The van der Waals surface area contributed by atoms with Crippen molar-refractivity contribution in [2.45, 2.75) is 6.42 Å². The first kappa shape index (κ1) is 10.7. The molecule has 0 saturated carbocycles. The molecule has 0 spiro atoms. The smallest absolute Gasteiger partial charge is 0.150 e. The molecule has 0 aliphatic carbocycles. The van der Waals surface area contributed by atoms with Crippen LogP contribution in [0.15, 0.2) is 22.7 Å². The molecule has 0 heterocycles. The van der Waals surface area contributed by atoms with E-state index in [1.807, 2.05) is 12.1 Å². The molecule has 0 aliphatic rings. The Balaban J connectivity index is 2.87. The first-order chi connectivity index (χ1) is 6.13. The predicted molar refractivity (Wildman–Crippen MR) is 56.9 cm³/mol. The van der Waals surface area contributed by atoms with Crippen molar-refractivity contribution >= 4 is 33.3 Å². The van der Waals surface area contributed by atoms with Gasteiger partial charge in [0.1, 0.15) is 0 Å². The number of hydrogen-bond donors (Lipinski definition) is 1. The lowest BCUT2D eigenvalue weighted by atomic mass is 10.1. The molecule has 1 aromatic rings. The van der Waals surface area contributed by atoms with Gasteiger partial charge in [0, 0.05) is 15.9 Å². The first-order valence-corrected chi connectivity index (χ1v) is 4.96. The van der Waals surface area contributed by atoms with Crippen molar-refractivity contribution in [2.24, 2.45) is 5.73 Å². The summed E-state index contributed by atoms with van der Waals surface area (Å²) in [5.74, 6) is -0.0139. The van der Waals surface area contributed by atoms with E-state index in [9.17, 15) is 4.79 Å². The minimum absolute atomic E-state index is 0.0139. The molecule has 1 rings (SSSR count). The minimum Gasteiger partial charge on any atom is -0.324 e. The molecule has 1 aromatic carbocycles. The molecule has 0 saturated heterocycles. The maximum absolute atomic E-state index is 11.0. The number of halogens is 2. The summed E-state index contributed by atoms with van der Waals surface area (Å²) in [4.78, 5) is 11.0. The van der Waals surface area contributed by atoms with E-state index in [0.29, 0.717) is 11.4 Å². The number of carbonyl (C=O) groups is 1. The summed E-state index contributed by atoms with van der Waals surface area (Å²) in [5.41, 5.74) is 6.02. The topological polar surface area (TPSA) is 43.1 Å². The number of carbonyl (C=O) groups excluding carboxylic acids is 1. The summed E-state index contributed by atoms with van der Waals surface area (Å²) in [5, 5.41) is 0.602. The van der Waals surface area contributed by atoms with Gasteiger partial charge < -0.3 is 5.73 Å². The van der Waals surface area contributed by atoms with Gasteiger partial charge in [0.2, 0.25) is 0 Å². The normalized spacial score (nSPS) is 10.1. The first-order valence-electron chi connectivity index (χ1n) is 3.79. The van der Waals surface area contributed by atoms with Crippen LogP contribution in [0.3, 0.4) is 0 Å². The van der Waals surface area contributed by atoms with Crippen LogP contribution in [0.5, 0.6) is 0 Å². The zero-order valence-corrected chi connectivity index (χ0v) is 9.23. The van der Waals surface area contributed by atoms with E-state index in [1.165, 1.54) is 0 Å². The van der Waals surface area contributed by atoms with Crippen LogP contribution in [-0.4, -0.2) is 12.3 Å². The fourth-order valence-electron chi connectivity index (χ4n) is 0.963. The summed E-state index contributed by atoms with van der Waals surface area (Å²) in [6, 6.07) is 5.42. The lowest BCUT2D eigenvalue weighted by Gasteiger charge is -2.02. The fraction of sp³-hybridized carbons (Fsp3) is 0.222.